The fourth-order valence-corrected chi connectivity index (χ4v) is 3.64. The van der Waals surface area contributed by atoms with Gasteiger partial charge in [-0.15, -0.1) is 0 Å². The Morgan fingerprint density at radius 3 is 2.15 bits per heavy atom. The van der Waals surface area contributed by atoms with E-state index in [0.29, 0.717) is 34.2 Å². The van der Waals surface area contributed by atoms with E-state index in [1.807, 2.05) is 24.3 Å². The number of benzene rings is 3. The molecule has 4 rings (SSSR count). The lowest BCUT2D eigenvalue weighted by Gasteiger charge is -2.18. The molecule has 168 valence electrons. The molecule has 3 amide bonds. The first-order chi connectivity index (χ1) is 15.9. The highest BCUT2D eigenvalue weighted by Crippen LogP contribution is 2.36. The smallest absolute Gasteiger partial charge is 0.266 e. The molecule has 0 fully saturated rings. The molecular formula is C26H24N2O5. The van der Waals surface area contributed by atoms with Crippen molar-refractivity contribution in [2.45, 2.75) is 19.8 Å². The summed E-state index contributed by atoms with van der Waals surface area (Å²) in [6.45, 7) is 4.05. The van der Waals surface area contributed by atoms with Gasteiger partial charge in [-0.05, 0) is 47.9 Å². The van der Waals surface area contributed by atoms with Crippen molar-refractivity contribution >= 4 is 29.1 Å². The number of nitrogens with zero attached hydrogens (tertiary/aromatic N) is 1. The third kappa shape index (κ3) is 4.43. The number of hydrogen-bond donors (Lipinski definition) is 1. The van der Waals surface area contributed by atoms with E-state index >= 15 is 0 Å². The highest BCUT2D eigenvalue weighted by atomic mass is 16.5. The third-order valence-corrected chi connectivity index (χ3v) is 5.42. The van der Waals surface area contributed by atoms with Gasteiger partial charge in [0.15, 0.2) is 6.61 Å². The molecule has 7 heteroatoms. The lowest BCUT2D eigenvalue weighted by Crippen LogP contribution is -2.29. The number of ether oxygens (including phenoxy) is 2. The number of fused-ring (bicyclic) bond motifs is 1. The number of methoxy groups -OCH3 is 1. The van der Waals surface area contributed by atoms with Gasteiger partial charge in [-0.2, -0.15) is 0 Å². The SMILES string of the molecule is COc1cc(NC(=O)COc2ccc(C(C)C)cc2)ccc1N1C(=O)c2ccccc2C1=O. The number of anilines is 2. The molecule has 0 atom stereocenters. The van der Waals surface area contributed by atoms with E-state index in [1.165, 1.54) is 12.7 Å². The second kappa shape index (κ2) is 9.16. The van der Waals surface area contributed by atoms with E-state index < -0.39 is 11.8 Å². The summed E-state index contributed by atoms with van der Waals surface area (Å²) in [6, 6.07) is 19.0. The van der Waals surface area contributed by atoms with Crippen LogP contribution in [0.2, 0.25) is 0 Å². The predicted molar refractivity (Wildman–Crippen MR) is 125 cm³/mol. The molecule has 0 unspecified atom stereocenters. The first-order valence-electron chi connectivity index (χ1n) is 10.6. The van der Waals surface area contributed by atoms with Gasteiger partial charge in [0.05, 0.1) is 23.9 Å². The number of imide groups is 1. The number of hydrogen-bond acceptors (Lipinski definition) is 5. The Bertz CT molecular complexity index is 1180. The summed E-state index contributed by atoms with van der Waals surface area (Å²) in [5.74, 6) is 0.129. The topological polar surface area (TPSA) is 84.9 Å². The Morgan fingerprint density at radius 2 is 1.58 bits per heavy atom. The second-order valence-electron chi connectivity index (χ2n) is 7.94. The van der Waals surface area contributed by atoms with Crippen LogP contribution in [0.1, 0.15) is 46.0 Å². The average Bonchev–Trinajstić information content (AvgIpc) is 3.08. The first kappa shape index (κ1) is 22.1. The summed E-state index contributed by atoms with van der Waals surface area (Å²) >= 11 is 0. The fraction of sp³-hybridized carbons (Fsp3) is 0.192. The summed E-state index contributed by atoms with van der Waals surface area (Å²) in [5, 5.41) is 2.74. The molecule has 1 aliphatic rings. The van der Waals surface area contributed by atoms with Crippen molar-refractivity contribution in [1.29, 1.82) is 0 Å². The molecule has 3 aromatic carbocycles. The number of carbonyl (C=O) groups is 3. The fourth-order valence-electron chi connectivity index (χ4n) is 3.64. The highest BCUT2D eigenvalue weighted by molar-refractivity contribution is 6.34. The second-order valence-corrected chi connectivity index (χ2v) is 7.94. The first-order valence-corrected chi connectivity index (χ1v) is 10.6. The van der Waals surface area contributed by atoms with Gasteiger partial charge in [-0.3, -0.25) is 14.4 Å². The lowest BCUT2D eigenvalue weighted by molar-refractivity contribution is -0.118. The van der Waals surface area contributed by atoms with Crippen LogP contribution in [0.4, 0.5) is 11.4 Å². The summed E-state index contributed by atoms with van der Waals surface area (Å²) < 4.78 is 11.0. The Balaban J connectivity index is 1.44. The number of nitrogens with one attached hydrogen (secondary N) is 1. The normalized spacial score (nSPS) is 12.7. The molecule has 0 radical (unpaired) electrons. The van der Waals surface area contributed by atoms with Crippen LogP contribution >= 0.6 is 0 Å². The Hall–Kier alpha value is -4.13. The summed E-state index contributed by atoms with van der Waals surface area (Å²) in [6.07, 6.45) is 0. The van der Waals surface area contributed by atoms with Gasteiger partial charge in [0.2, 0.25) is 0 Å². The molecule has 0 aromatic heterocycles. The van der Waals surface area contributed by atoms with Crippen molar-refractivity contribution in [3.63, 3.8) is 0 Å². The molecular weight excluding hydrogens is 420 g/mol. The van der Waals surface area contributed by atoms with Gasteiger partial charge >= 0.3 is 0 Å². The molecule has 7 nitrogen and oxygen atoms in total. The van der Waals surface area contributed by atoms with Crippen LogP contribution in [0.15, 0.2) is 66.7 Å². The molecule has 0 bridgehead atoms. The minimum Gasteiger partial charge on any atom is -0.494 e. The van der Waals surface area contributed by atoms with Crippen LogP contribution in [0, 0.1) is 0 Å². The zero-order valence-corrected chi connectivity index (χ0v) is 18.6. The average molecular weight is 444 g/mol. The molecule has 3 aromatic rings. The van der Waals surface area contributed by atoms with Crippen LogP contribution in [0.25, 0.3) is 0 Å². The minimum absolute atomic E-state index is 0.163. The number of carbonyl (C=O) groups excluding carboxylic acids is 3. The predicted octanol–water partition coefficient (Wildman–Crippen LogP) is 4.64. The molecule has 1 heterocycles. The maximum atomic E-state index is 12.8. The molecule has 0 aliphatic carbocycles. The summed E-state index contributed by atoms with van der Waals surface area (Å²) in [7, 11) is 1.44. The largest absolute Gasteiger partial charge is 0.494 e. The van der Waals surface area contributed by atoms with Crippen LogP contribution in [0.3, 0.4) is 0 Å². The van der Waals surface area contributed by atoms with E-state index in [9.17, 15) is 14.4 Å². The van der Waals surface area contributed by atoms with Crippen LogP contribution in [-0.4, -0.2) is 31.4 Å². The quantitative estimate of drug-likeness (QED) is 0.537. The summed E-state index contributed by atoms with van der Waals surface area (Å²) in [5.41, 5.74) is 2.65. The monoisotopic (exact) mass is 444 g/mol. The Kier molecular flexibility index (Phi) is 6.13. The van der Waals surface area contributed by atoms with Crippen LogP contribution < -0.4 is 19.7 Å². The Labute approximate surface area is 191 Å². The molecule has 0 spiro atoms. The summed E-state index contributed by atoms with van der Waals surface area (Å²) in [4.78, 5) is 39.0. The number of amides is 3. The van der Waals surface area contributed by atoms with Crippen molar-refractivity contribution in [3.8, 4) is 11.5 Å². The van der Waals surface area contributed by atoms with Crippen LogP contribution in [0.5, 0.6) is 11.5 Å². The standard InChI is InChI=1S/C26H24N2O5/c1-16(2)17-8-11-19(12-9-17)33-15-24(29)27-18-10-13-22(23(14-18)32-3)28-25(30)20-6-4-5-7-21(20)26(28)31/h4-14,16H,15H2,1-3H3,(H,27,29). The molecule has 0 saturated heterocycles. The minimum atomic E-state index is -0.414. The molecule has 1 N–H and O–H groups in total. The van der Waals surface area contributed by atoms with E-state index in [0.717, 1.165) is 4.90 Å². The zero-order chi connectivity index (χ0) is 23.5. The third-order valence-electron chi connectivity index (χ3n) is 5.42. The van der Waals surface area contributed by atoms with Gasteiger partial charge in [0.1, 0.15) is 11.5 Å². The van der Waals surface area contributed by atoms with E-state index in [-0.39, 0.29) is 18.3 Å². The van der Waals surface area contributed by atoms with E-state index in [1.54, 1.807) is 42.5 Å². The van der Waals surface area contributed by atoms with Gasteiger partial charge in [-0.1, -0.05) is 38.1 Å². The molecule has 33 heavy (non-hydrogen) atoms. The Morgan fingerprint density at radius 1 is 0.939 bits per heavy atom. The van der Waals surface area contributed by atoms with Gasteiger partial charge in [0.25, 0.3) is 17.7 Å². The maximum Gasteiger partial charge on any atom is 0.266 e. The lowest BCUT2D eigenvalue weighted by atomic mass is 10.0. The van der Waals surface area contributed by atoms with Crippen molar-refractivity contribution in [3.05, 3.63) is 83.4 Å². The van der Waals surface area contributed by atoms with Crippen molar-refractivity contribution in [1.82, 2.24) is 0 Å². The maximum absolute atomic E-state index is 12.8. The van der Waals surface area contributed by atoms with Crippen molar-refractivity contribution < 1.29 is 23.9 Å². The van der Waals surface area contributed by atoms with Gasteiger partial charge in [-0.25, -0.2) is 4.90 Å². The number of rotatable bonds is 7. The van der Waals surface area contributed by atoms with Crippen molar-refractivity contribution in [2.75, 3.05) is 23.9 Å². The molecule has 0 saturated carbocycles. The van der Waals surface area contributed by atoms with Crippen LogP contribution in [-0.2, 0) is 4.79 Å². The van der Waals surface area contributed by atoms with Crippen molar-refractivity contribution in [2.24, 2.45) is 0 Å². The van der Waals surface area contributed by atoms with E-state index in [2.05, 4.69) is 19.2 Å². The van der Waals surface area contributed by atoms with Gasteiger partial charge < -0.3 is 14.8 Å². The van der Waals surface area contributed by atoms with Gasteiger partial charge in [0, 0.05) is 11.8 Å². The molecule has 1 aliphatic heterocycles. The van der Waals surface area contributed by atoms with E-state index in [4.69, 9.17) is 9.47 Å². The zero-order valence-electron chi connectivity index (χ0n) is 18.6. The highest BCUT2D eigenvalue weighted by Gasteiger charge is 2.37.